The van der Waals surface area contributed by atoms with Gasteiger partial charge in [0.15, 0.2) is 11.6 Å². The second-order valence-corrected chi connectivity index (χ2v) is 7.95. The van der Waals surface area contributed by atoms with E-state index in [-0.39, 0.29) is 0 Å². The topological polar surface area (TPSA) is 0 Å². The average Bonchev–Trinajstić information content (AvgIpc) is 2.70. The van der Waals surface area contributed by atoms with Crippen LogP contribution >= 0.6 is 0 Å². The summed E-state index contributed by atoms with van der Waals surface area (Å²) in [5.41, 5.74) is 2.72. The maximum absolute atomic E-state index is 13.2. The van der Waals surface area contributed by atoms with Gasteiger partial charge in [-0.1, -0.05) is 57.1 Å². The molecular weight excluding hydrogens is 338 g/mol. The minimum absolute atomic E-state index is 0.481. The molecule has 0 amide bonds. The lowest BCUT2D eigenvalue weighted by molar-refractivity contribution is 0.210. The predicted octanol–water partition coefficient (Wildman–Crippen LogP) is 6.76. The van der Waals surface area contributed by atoms with Gasteiger partial charge in [0.05, 0.1) is 0 Å². The zero-order valence-corrected chi connectivity index (χ0v) is 16.3. The van der Waals surface area contributed by atoms with Gasteiger partial charge in [0.2, 0.25) is 0 Å². The summed E-state index contributed by atoms with van der Waals surface area (Å²) in [4.78, 5) is 0. The number of benzene rings is 2. The molecule has 1 aliphatic rings. The third-order valence-corrected chi connectivity index (χ3v) is 6.06. The molecule has 0 saturated heterocycles. The zero-order chi connectivity index (χ0) is 19.2. The van der Waals surface area contributed by atoms with Crippen LogP contribution in [-0.2, 0) is 6.42 Å². The van der Waals surface area contributed by atoms with Crippen molar-refractivity contribution in [3.63, 3.8) is 0 Å². The van der Waals surface area contributed by atoms with E-state index in [0.717, 1.165) is 36.0 Å². The fourth-order valence-electron chi connectivity index (χ4n) is 4.15. The quantitative estimate of drug-likeness (QED) is 0.524. The fourth-order valence-corrected chi connectivity index (χ4v) is 4.15. The minimum atomic E-state index is -0.862. The molecular formula is C25H28F2. The molecule has 0 N–H and O–H groups in total. The van der Waals surface area contributed by atoms with Crippen molar-refractivity contribution in [3.05, 3.63) is 70.8 Å². The Labute approximate surface area is 162 Å². The maximum Gasteiger partial charge on any atom is 0.160 e. The van der Waals surface area contributed by atoms with E-state index in [9.17, 15) is 8.78 Å². The predicted molar refractivity (Wildman–Crippen MR) is 107 cm³/mol. The summed E-state index contributed by atoms with van der Waals surface area (Å²) in [6.45, 7) is 4.69. The summed E-state index contributed by atoms with van der Waals surface area (Å²) >= 11 is 0. The summed E-state index contributed by atoms with van der Waals surface area (Å²) in [7, 11) is 0. The Balaban J connectivity index is 1.57. The highest BCUT2D eigenvalue weighted by molar-refractivity contribution is 5.43. The van der Waals surface area contributed by atoms with E-state index in [1.807, 2.05) is 12.1 Å². The molecule has 0 aliphatic heterocycles. The lowest BCUT2D eigenvalue weighted by atomic mass is 9.74. The van der Waals surface area contributed by atoms with E-state index in [0.29, 0.717) is 11.5 Å². The third kappa shape index (κ3) is 5.42. The van der Waals surface area contributed by atoms with Crippen molar-refractivity contribution in [2.45, 2.75) is 52.4 Å². The number of halogens is 2. The van der Waals surface area contributed by atoms with Crippen LogP contribution < -0.4 is 0 Å². The molecule has 3 rings (SSSR count). The highest BCUT2D eigenvalue weighted by Gasteiger charge is 2.24. The van der Waals surface area contributed by atoms with Crippen LogP contribution in [0.5, 0.6) is 0 Å². The molecule has 1 saturated carbocycles. The van der Waals surface area contributed by atoms with Crippen LogP contribution in [0.2, 0.25) is 0 Å². The van der Waals surface area contributed by atoms with Crippen molar-refractivity contribution in [1.82, 2.24) is 0 Å². The molecule has 0 radical (unpaired) electrons. The highest BCUT2D eigenvalue weighted by Crippen LogP contribution is 2.35. The summed E-state index contributed by atoms with van der Waals surface area (Å²) in [6, 6.07) is 12.1. The van der Waals surface area contributed by atoms with Crippen LogP contribution in [0, 0.1) is 41.2 Å². The smallest absolute Gasteiger partial charge is 0.160 e. The summed E-state index contributed by atoms with van der Waals surface area (Å²) in [5.74, 6) is 6.71. The Morgan fingerprint density at radius 1 is 0.889 bits per heavy atom. The molecule has 0 heterocycles. The number of hydrogen-bond acceptors (Lipinski definition) is 0. The maximum atomic E-state index is 13.2. The van der Waals surface area contributed by atoms with Gasteiger partial charge in [0.25, 0.3) is 0 Å². The van der Waals surface area contributed by atoms with Crippen LogP contribution in [0.1, 0.15) is 62.6 Å². The van der Waals surface area contributed by atoms with Crippen LogP contribution in [0.4, 0.5) is 8.78 Å². The van der Waals surface area contributed by atoms with Gasteiger partial charge in [-0.25, -0.2) is 8.78 Å². The van der Waals surface area contributed by atoms with Crippen LogP contribution in [0.15, 0.2) is 42.5 Å². The molecule has 2 aromatic rings. The Kier molecular flexibility index (Phi) is 6.67. The lowest BCUT2D eigenvalue weighted by Gasteiger charge is -2.32. The van der Waals surface area contributed by atoms with Gasteiger partial charge in [0.1, 0.15) is 0 Å². The molecule has 2 heteroatoms. The lowest BCUT2D eigenvalue weighted by Crippen LogP contribution is -2.21. The molecule has 1 atom stereocenters. The first kappa shape index (κ1) is 19.6. The van der Waals surface area contributed by atoms with Crippen molar-refractivity contribution in [1.29, 1.82) is 0 Å². The van der Waals surface area contributed by atoms with Crippen molar-refractivity contribution in [3.8, 4) is 11.8 Å². The van der Waals surface area contributed by atoms with E-state index in [4.69, 9.17) is 0 Å². The van der Waals surface area contributed by atoms with E-state index in [2.05, 4.69) is 37.8 Å². The third-order valence-electron chi connectivity index (χ3n) is 6.06. The molecule has 1 aliphatic carbocycles. The molecule has 142 valence electrons. The van der Waals surface area contributed by atoms with Crippen molar-refractivity contribution in [2.75, 3.05) is 0 Å². The Bertz CT molecular complexity index is 802. The van der Waals surface area contributed by atoms with Crippen LogP contribution in [0.3, 0.4) is 0 Å². The van der Waals surface area contributed by atoms with E-state index >= 15 is 0 Å². The number of rotatable bonds is 4. The molecule has 0 nitrogen and oxygen atoms in total. The van der Waals surface area contributed by atoms with Crippen LogP contribution in [-0.4, -0.2) is 0 Å². The zero-order valence-electron chi connectivity index (χ0n) is 16.3. The van der Waals surface area contributed by atoms with Gasteiger partial charge in [-0.3, -0.25) is 0 Å². The first-order valence-corrected chi connectivity index (χ1v) is 10.1. The Morgan fingerprint density at radius 3 is 2.15 bits per heavy atom. The van der Waals surface area contributed by atoms with Gasteiger partial charge in [0, 0.05) is 11.1 Å². The molecule has 2 aromatic carbocycles. The van der Waals surface area contributed by atoms with Crippen LogP contribution in [0.25, 0.3) is 0 Å². The van der Waals surface area contributed by atoms with Crippen molar-refractivity contribution in [2.24, 2.45) is 17.8 Å². The van der Waals surface area contributed by atoms with Gasteiger partial charge in [-0.2, -0.15) is 0 Å². The van der Waals surface area contributed by atoms with Crippen molar-refractivity contribution >= 4 is 0 Å². The first-order chi connectivity index (χ1) is 13.0. The second-order valence-electron chi connectivity index (χ2n) is 7.95. The monoisotopic (exact) mass is 366 g/mol. The van der Waals surface area contributed by atoms with Gasteiger partial charge >= 0.3 is 0 Å². The molecule has 0 bridgehead atoms. The Morgan fingerprint density at radius 2 is 1.52 bits per heavy atom. The average molecular weight is 366 g/mol. The first-order valence-electron chi connectivity index (χ1n) is 10.1. The summed E-state index contributed by atoms with van der Waals surface area (Å²) in [6.07, 6.45) is 7.97. The van der Waals surface area contributed by atoms with Crippen molar-refractivity contribution < 1.29 is 8.78 Å². The van der Waals surface area contributed by atoms with Gasteiger partial charge in [-0.15, -0.1) is 0 Å². The minimum Gasteiger partial charge on any atom is -0.204 e. The molecule has 1 unspecified atom stereocenters. The largest absolute Gasteiger partial charge is 0.204 e. The van der Waals surface area contributed by atoms with E-state index in [1.54, 1.807) is 0 Å². The highest BCUT2D eigenvalue weighted by atomic mass is 19.2. The molecule has 0 spiro atoms. The number of hydrogen-bond donors (Lipinski definition) is 0. The summed E-state index contributed by atoms with van der Waals surface area (Å²) < 4.78 is 26.2. The fraction of sp³-hybridized carbons (Fsp3) is 0.440. The SMILES string of the molecule is CCC1CCC(C(C)Cc2ccc(C#Cc3ccc(F)c(F)c3)cc2)CC1. The molecule has 1 fully saturated rings. The van der Waals surface area contributed by atoms with Gasteiger partial charge in [-0.05, 0) is 72.9 Å². The van der Waals surface area contributed by atoms with Gasteiger partial charge < -0.3 is 0 Å². The summed E-state index contributed by atoms with van der Waals surface area (Å²) in [5, 5.41) is 0. The molecule has 0 aromatic heterocycles. The van der Waals surface area contributed by atoms with E-state index < -0.39 is 11.6 Å². The standard InChI is InChI=1S/C25H28F2/c1-3-19-10-13-23(14-11-19)18(2)16-21-7-4-20(5-8-21)6-9-22-12-15-24(26)25(27)17-22/h4-5,7-8,12,15,17-19,23H,3,10-11,13-14,16H2,1-2H3. The Hall–Kier alpha value is -2.14. The van der Waals surface area contributed by atoms with E-state index in [1.165, 1.54) is 43.7 Å². The normalized spacial score (nSPS) is 20.6. The second kappa shape index (κ2) is 9.18. The molecule has 27 heavy (non-hydrogen) atoms.